The molecule has 0 saturated carbocycles. The van der Waals surface area contributed by atoms with Crippen LogP contribution in [0.5, 0.6) is 5.88 Å². The predicted octanol–water partition coefficient (Wildman–Crippen LogP) is 4.54. The second-order valence-corrected chi connectivity index (χ2v) is 19.2. The van der Waals surface area contributed by atoms with Crippen molar-refractivity contribution >= 4 is 22.0 Å². The van der Waals surface area contributed by atoms with E-state index in [0.29, 0.717) is 0 Å². The van der Waals surface area contributed by atoms with Crippen LogP contribution in [0.15, 0.2) is 12.5 Å². The number of hydrogen-bond acceptors (Lipinski definition) is 3. The summed E-state index contributed by atoms with van der Waals surface area (Å²) in [7, 11) is 1.75. The first-order valence-corrected chi connectivity index (χ1v) is 16.1. The summed E-state index contributed by atoms with van der Waals surface area (Å²) in [5.74, 6) is 0.865. The van der Waals surface area contributed by atoms with Crippen LogP contribution in [0.1, 0.15) is 59.3 Å². The summed E-state index contributed by atoms with van der Waals surface area (Å²) in [6.07, 6.45) is 11.6. The first-order chi connectivity index (χ1) is 10.2. The van der Waals surface area contributed by atoms with Gasteiger partial charge in [-0.2, -0.15) is 0 Å². The molecule has 1 heterocycles. The van der Waals surface area contributed by atoms with Gasteiger partial charge in [0.15, 0.2) is 0 Å². The van der Waals surface area contributed by atoms with Gasteiger partial charge < -0.3 is 0 Å². The van der Waals surface area contributed by atoms with Crippen molar-refractivity contribution in [2.24, 2.45) is 0 Å². The maximum atomic E-state index is 5.59. The molecule has 0 bridgehead atoms. The third-order valence-corrected chi connectivity index (χ3v) is 19.9. The van der Waals surface area contributed by atoms with Crippen LogP contribution >= 0.6 is 0 Å². The van der Waals surface area contributed by atoms with E-state index in [9.17, 15) is 0 Å². The monoisotopic (exact) mass is 400 g/mol. The molecule has 0 aromatic carbocycles. The van der Waals surface area contributed by atoms with Gasteiger partial charge in [-0.05, 0) is 0 Å². The van der Waals surface area contributed by atoms with Crippen molar-refractivity contribution in [1.29, 1.82) is 0 Å². The van der Waals surface area contributed by atoms with Gasteiger partial charge in [-0.25, -0.2) is 0 Å². The van der Waals surface area contributed by atoms with Gasteiger partial charge in [0.05, 0.1) is 0 Å². The zero-order valence-electron chi connectivity index (χ0n) is 14.3. The van der Waals surface area contributed by atoms with E-state index in [-0.39, 0.29) is 0 Å². The molecule has 21 heavy (non-hydrogen) atoms. The Morgan fingerprint density at radius 1 is 0.952 bits per heavy atom. The van der Waals surface area contributed by atoms with Crippen molar-refractivity contribution in [2.75, 3.05) is 7.11 Å². The molecule has 0 radical (unpaired) electrons. The average molecular weight is 399 g/mol. The molecule has 0 aliphatic rings. The van der Waals surface area contributed by atoms with Gasteiger partial charge >= 0.3 is 135 Å². The van der Waals surface area contributed by atoms with Gasteiger partial charge in [0.2, 0.25) is 0 Å². The molecule has 0 atom stereocenters. The molecule has 3 nitrogen and oxygen atoms in total. The SMILES string of the molecule is CCC[CH2][Sn]([CH2]CCC)([CH2]CCC)[c]1cncnc1OC. The first kappa shape index (κ1) is 18.7. The summed E-state index contributed by atoms with van der Waals surface area (Å²) in [6.45, 7) is 6.90. The third-order valence-electron chi connectivity index (χ3n) is 4.47. The van der Waals surface area contributed by atoms with Gasteiger partial charge in [-0.1, -0.05) is 0 Å². The van der Waals surface area contributed by atoms with Gasteiger partial charge in [0.1, 0.15) is 0 Å². The molecule has 0 amide bonds. The number of unbranched alkanes of at least 4 members (excludes halogenated alkanes) is 3. The van der Waals surface area contributed by atoms with Gasteiger partial charge in [-0.3, -0.25) is 0 Å². The summed E-state index contributed by atoms with van der Waals surface area (Å²) in [5, 5.41) is 0. The standard InChI is InChI=1S/C5H5N2O.3C4H9.Sn/c1-8-5-2-3-6-4-7-5;3*1-3-4-2;/h3-4H,1H3;3*1,3-4H2,2H3;. The van der Waals surface area contributed by atoms with Crippen LogP contribution in [0.4, 0.5) is 0 Å². The molecular weight excluding hydrogens is 367 g/mol. The number of nitrogens with zero attached hydrogens (tertiary/aromatic N) is 2. The molecule has 1 aromatic heterocycles. The zero-order valence-corrected chi connectivity index (χ0v) is 17.2. The summed E-state index contributed by atoms with van der Waals surface area (Å²) in [4.78, 5) is 8.75. The van der Waals surface area contributed by atoms with E-state index in [1.165, 1.54) is 55.4 Å². The second-order valence-electron chi connectivity index (χ2n) is 6.04. The molecule has 1 aromatic rings. The van der Waals surface area contributed by atoms with Crippen molar-refractivity contribution in [3.05, 3.63) is 12.5 Å². The Balaban J connectivity index is 3.16. The Kier molecular flexibility index (Phi) is 9.29. The van der Waals surface area contributed by atoms with Crippen molar-refractivity contribution in [2.45, 2.75) is 72.6 Å². The molecule has 0 unspecified atom stereocenters. The number of ether oxygens (including phenoxy) is 1. The Labute approximate surface area is 134 Å². The fourth-order valence-electron chi connectivity index (χ4n) is 3.17. The second kappa shape index (κ2) is 10.4. The fraction of sp³-hybridized carbons (Fsp3) is 0.765. The zero-order chi connectivity index (χ0) is 15.6. The minimum absolute atomic E-state index is 0.865. The Hall–Kier alpha value is -0.321. The molecule has 120 valence electrons. The molecule has 0 saturated heterocycles. The van der Waals surface area contributed by atoms with E-state index < -0.39 is 18.4 Å². The van der Waals surface area contributed by atoms with Crippen molar-refractivity contribution in [1.82, 2.24) is 9.97 Å². The average Bonchev–Trinajstić information content (AvgIpc) is 2.54. The predicted molar refractivity (Wildman–Crippen MR) is 93.1 cm³/mol. The summed E-state index contributed by atoms with van der Waals surface area (Å²) >= 11 is -2.44. The van der Waals surface area contributed by atoms with Crippen LogP contribution in [0.25, 0.3) is 0 Å². The van der Waals surface area contributed by atoms with Crippen molar-refractivity contribution in [3.8, 4) is 5.88 Å². The van der Waals surface area contributed by atoms with E-state index in [4.69, 9.17) is 4.74 Å². The van der Waals surface area contributed by atoms with Crippen LogP contribution in [0, 0.1) is 0 Å². The number of rotatable bonds is 11. The number of aromatic nitrogens is 2. The Morgan fingerprint density at radius 3 is 1.90 bits per heavy atom. The minimum atomic E-state index is -2.44. The molecular formula is C17H32N2OSn. The van der Waals surface area contributed by atoms with E-state index in [1.807, 2.05) is 0 Å². The molecule has 0 fully saturated rings. The van der Waals surface area contributed by atoms with Crippen LogP contribution < -0.4 is 8.32 Å². The molecule has 0 aliphatic carbocycles. The van der Waals surface area contributed by atoms with Gasteiger partial charge in [0.25, 0.3) is 0 Å². The van der Waals surface area contributed by atoms with Crippen molar-refractivity contribution in [3.63, 3.8) is 0 Å². The molecule has 4 heteroatoms. The molecule has 0 aliphatic heterocycles. The summed E-state index contributed by atoms with van der Waals surface area (Å²) in [6, 6.07) is 0. The summed E-state index contributed by atoms with van der Waals surface area (Å²) in [5.41, 5.74) is 0. The van der Waals surface area contributed by atoms with E-state index in [2.05, 4.69) is 36.9 Å². The van der Waals surface area contributed by atoms with Crippen molar-refractivity contribution < 1.29 is 4.74 Å². The van der Waals surface area contributed by atoms with Crippen LogP contribution in [-0.2, 0) is 0 Å². The third kappa shape index (κ3) is 5.42. The van der Waals surface area contributed by atoms with Crippen LogP contribution in [-0.4, -0.2) is 35.5 Å². The van der Waals surface area contributed by atoms with E-state index in [1.54, 1.807) is 13.4 Å². The Morgan fingerprint density at radius 2 is 1.48 bits per heavy atom. The van der Waals surface area contributed by atoms with Crippen LogP contribution in [0.2, 0.25) is 13.3 Å². The van der Waals surface area contributed by atoms with Gasteiger partial charge in [-0.15, -0.1) is 0 Å². The quantitative estimate of drug-likeness (QED) is 0.513. The number of methoxy groups -OCH3 is 1. The topological polar surface area (TPSA) is 35.0 Å². The van der Waals surface area contributed by atoms with E-state index in [0.717, 1.165) is 5.88 Å². The van der Waals surface area contributed by atoms with Crippen LogP contribution in [0.3, 0.4) is 0 Å². The molecule has 0 spiro atoms. The fourth-order valence-corrected chi connectivity index (χ4v) is 19.2. The normalized spacial score (nSPS) is 11.6. The number of hydrogen-bond donors (Lipinski definition) is 0. The molecule has 0 N–H and O–H groups in total. The Bertz CT molecular complexity index is 376. The first-order valence-electron chi connectivity index (χ1n) is 8.58. The van der Waals surface area contributed by atoms with E-state index >= 15 is 0 Å². The van der Waals surface area contributed by atoms with Gasteiger partial charge in [0, 0.05) is 0 Å². The molecule has 1 rings (SSSR count). The summed E-state index contributed by atoms with van der Waals surface area (Å²) < 4.78 is 11.3. The maximum absolute atomic E-state index is 5.59.